The van der Waals surface area contributed by atoms with Crippen LogP contribution in [-0.4, -0.2) is 48.6 Å². The molecule has 0 unspecified atom stereocenters. The maximum atomic E-state index is 5.79. The molecule has 1 heterocycles. The van der Waals surface area contributed by atoms with Gasteiger partial charge in [-0.2, -0.15) is 0 Å². The first-order valence-corrected chi connectivity index (χ1v) is 7.44. The number of nitrogens with zero attached hydrogens (tertiary/aromatic N) is 2. The van der Waals surface area contributed by atoms with Crippen molar-refractivity contribution in [1.29, 1.82) is 0 Å². The van der Waals surface area contributed by atoms with Gasteiger partial charge in [-0.3, -0.25) is 4.90 Å². The van der Waals surface area contributed by atoms with Gasteiger partial charge in [-0.15, -0.1) is 0 Å². The van der Waals surface area contributed by atoms with Crippen LogP contribution in [0.4, 0.5) is 0 Å². The van der Waals surface area contributed by atoms with Gasteiger partial charge in [0, 0.05) is 45.3 Å². The largest absolute Gasteiger partial charge is 0.326 e. The van der Waals surface area contributed by atoms with Crippen LogP contribution in [0.3, 0.4) is 0 Å². The Labute approximate surface area is 117 Å². The molecule has 1 aromatic rings. The first-order chi connectivity index (χ1) is 9.20. The minimum absolute atomic E-state index is 0.650. The van der Waals surface area contributed by atoms with E-state index >= 15 is 0 Å². The summed E-state index contributed by atoms with van der Waals surface area (Å²) in [6, 6.07) is 9.23. The third-order valence-electron chi connectivity index (χ3n) is 4.17. The summed E-state index contributed by atoms with van der Waals surface area (Å²) in [5.41, 5.74) is 8.50. The zero-order chi connectivity index (χ0) is 13.7. The van der Waals surface area contributed by atoms with Crippen LogP contribution in [0.1, 0.15) is 25.0 Å². The standard InChI is InChI=1S/C16H27N3/c1-14(2)19-11-9-18(10-12-19)8-7-15-5-3-4-6-16(15)13-17/h3-6,14H,7-13,17H2,1-2H3. The van der Waals surface area contributed by atoms with Crippen molar-refractivity contribution in [2.24, 2.45) is 5.73 Å². The van der Waals surface area contributed by atoms with Crippen LogP contribution in [0.25, 0.3) is 0 Å². The molecule has 2 rings (SSSR count). The van der Waals surface area contributed by atoms with Gasteiger partial charge >= 0.3 is 0 Å². The van der Waals surface area contributed by atoms with E-state index in [0.717, 1.165) is 13.0 Å². The van der Waals surface area contributed by atoms with E-state index in [1.54, 1.807) is 0 Å². The van der Waals surface area contributed by atoms with Crippen molar-refractivity contribution in [3.05, 3.63) is 35.4 Å². The van der Waals surface area contributed by atoms with Crippen LogP contribution in [0.2, 0.25) is 0 Å². The van der Waals surface area contributed by atoms with Crippen molar-refractivity contribution in [2.75, 3.05) is 32.7 Å². The van der Waals surface area contributed by atoms with Gasteiger partial charge in [0.1, 0.15) is 0 Å². The molecule has 0 amide bonds. The molecule has 0 spiro atoms. The van der Waals surface area contributed by atoms with Crippen molar-refractivity contribution >= 4 is 0 Å². The van der Waals surface area contributed by atoms with Gasteiger partial charge < -0.3 is 10.6 Å². The Morgan fingerprint density at radius 3 is 2.26 bits per heavy atom. The Morgan fingerprint density at radius 1 is 1.05 bits per heavy atom. The lowest BCUT2D eigenvalue weighted by atomic mass is 10.0. The van der Waals surface area contributed by atoms with E-state index in [2.05, 4.69) is 47.9 Å². The van der Waals surface area contributed by atoms with Crippen LogP contribution in [-0.2, 0) is 13.0 Å². The number of piperazine rings is 1. The minimum atomic E-state index is 0.650. The zero-order valence-corrected chi connectivity index (χ0v) is 12.3. The molecule has 0 atom stereocenters. The van der Waals surface area contributed by atoms with Gasteiger partial charge in [0.2, 0.25) is 0 Å². The second kappa shape index (κ2) is 7.04. The van der Waals surface area contributed by atoms with Gasteiger partial charge in [0.05, 0.1) is 0 Å². The second-order valence-corrected chi connectivity index (χ2v) is 5.69. The van der Waals surface area contributed by atoms with Gasteiger partial charge in [-0.1, -0.05) is 24.3 Å². The molecule has 3 heteroatoms. The maximum absolute atomic E-state index is 5.79. The van der Waals surface area contributed by atoms with E-state index in [1.807, 2.05) is 0 Å². The smallest absolute Gasteiger partial charge is 0.0180 e. The summed E-state index contributed by atoms with van der Waals surface area (Å²) in [4.78, 5) is 5.14. The highest BCUT2D eigenvalue weighted by Gasteiger charge is 2.18. The van der Waals surface area contributed by atoms with Crippen molar-refractivity contribution in [1.82, 2.24) is 9.80 Å². The minimum Gasteiger partial charge on any atom is -0.326 e. The number of hydrogen-bond acceptors (Lipinski definition) is 3. The molecule has 3 nitrogen and oxygen atoms in total. The Hall–Kier alpha value is -0.900. The lowest BCUT2D eigenvalue weighted by molar-refractivity contribution is 0.109. The van der Waals surface area contributed by atoms with Crippen LogP contribution >= 0.6 is 0 Å². The quantitative estimate of drug-likeness (QED) is 0.876. The van der Waals surface area contributed by atoms with Crippen LogP contribution < -0.4 is 5.73 Å². The van der Waals surface area contributed by atoms with Crippen LogP contribution in [0, 0.1) is 0 Å². The maximum Gasteiger partial charge on any atom is 0.0180 e. The molecule has 2 N–H and O–H groups in total. The van der Waals surface area contributed by atoms with Gasteiger partial charge in [-0.25, -0.2) is 0 Å². The Bertz CT molecular complexity index is 381. The normalized spacial score (nSPS) is 18.1. The SMILES string of the molecule is CC(C)N1CCN(CCc2ccccc2CN)CC1. The Kier molecular flexibility index (Phi) is 5.37. The molecule has 19 heavy (non-hydrogen) atoms. The summed E-state index contributed by atoms with van der Waals surface area (Å²) in [5.74, 6) is 0. The molecule has 1 saturated heterocycles. The summed E-state index contributed by atoms with van der Waals surface area (Å²) < 4.78 is 0. The number of nitrogens with two attached hydrogens (primary N) is 1. The molecule has 1 aliphatic rings. The Balaban J connectivity index is 1.80. The average Bonchev–Trinajstić information content (AvgIpc) is 2.45. The van der Waals surface area contributed by atoms with Crippen molar-refractivity contribution in [3.8, 4) is 0 Å². The fourth-order valence-corrected chi connectivity index (χ4v) is 2.78. The van der Waals surface area contributed by atoms with Gasteiger partial charge in [0.15, 0.2) is 0 Å². The van der Waals surface area contributed by atoms with E-state index in [1.165, 1.54) is 37.3 Å². The topological polar surface area (TPSA) is 32.5 Å². The molecular formula is C16H27N3. The molecule has 106 valence electrons. The van der Waals surface area contributed by atoms with E-state index < -0.39 is 0 Å². The number of hydrogen-bond donors (Lipinski definition) is 1. The first kappa shape index (κ1) is 14.5. The van der Waals surface area contributed by atoms with Crippen molar-refractivity contribution < 1.29 is 0 Å². The van der Waals surface area contributed by atoms with Crippen molar-refractivity contribution in [3.63, 3.8) is 0 Å². The van der Waals surface area contributed by atoms with Gasteiger partial charge in [-0.05, 0) is 31.4 Å². The fraction of sp³-hybridized carbons (Fsp3) is 0.625. The summed E-state index contributed by atoms with van der Waals surface area (Å²) in [6.07, 6.45) is 1.12. The highest BCUT2D eigenvalue weighted by molar-refractivity contribution is 5.27. The lowest BCUT2D eigenvalue weighted by Crippen LogP contribution is -2.49. The summed E-state index contributed by atoms with van der Waals surface area (Å²) in [5, 5.41) is 0. The van der Waals surface area contributed by atoms with E-state index in [4.69, 9.17) is 5.73 Å². The number of benzene rings is 1. The molecule has 0 saturated carbocycles. The van der Waals surface area contributed by atoms with E-state index in [-0.39, 0.29) is 0 Å². The third-order valence-corrected chi connectivity index (χ3v) is 4.17. The molecule has 1 aliphatic heterocycles. The molecule has 0 radical (unpaired) electrons. The highest BCUT2D eigenvalue weighted by atomic mass is 15.3. The van der Waals surface area contributed by atoms with Crippen LogP contribution in [0.15, 0.2) is 24.3 Å². The zero-order valence-electron chi connectivity index (χ0n) is 12.3. The van der Waals surface area contributed by atoms with Gasteiger partial charge in [0.25, 0.3) is 0 Å². The summed E-state index contributed by atoms with van der Waals surface area (Å²) in [6.45, 7) is 11.2. The molecule has 0 aromatic heterocycles. The molecule has 1 fully saturated rings. The summed E-state index contributed by atoms with van der Waals surface area (Å²) in [7, 11) is 0. The van der Waals surface area contributed by atoms with Crippen LogP contribution in [0.5, 0.6) is 0 Å². The number of rotatable bonds is 5. The second-order valence-electron chi connectivity index (χ2n) is 5.69. The third kappa shape index (κ3) is 4.03. The predicted molar refractivity (Wildman–Crippen MR) is 81.2 cm³/mol. The average molecular weight is 261 g/mol. The van der Waals surface area contributed by atoms with E-state index in [9.17, 15) is 0 Å². The predicted octanol–water partition coefficient (Wildman–Crippen LogP) is 1.71. The Morgan fingerprint density at radius 2 is 1.68 bits per heavy atom. The molecular weight excluding hydrogens is 234 g/mol. The first-order valence-electron chi connectivity index (χ1n) is 7.44. The fourth-order valence-electron chi connectivity index (χ4n) is 2.78. The monoisotopic (exact) mass is 261 g/mol. The highest BCUT2D eigenvalue weighted by Crippen LogP contribution is 2.11. The summed E-state index contributed by atoms with van der Waals surface area (Å²) >= 11 is 0. The molecule has 0 bridgehead atoms. The molecule has 0 aliphatic carbocycles. The lowest BCUT2D eigenvalue weighted by Gasteiger charge is -2.37. The molecule has 1 aromatic carbocycles. The van der Waals surface area contributed by atoms with E-state index in [0.29, 0.717) is 12.6 Å². The van der Waals surface area contributed by atoms with Crippen molar-refractivity contribution in [2.45, 2.75) is 32.9 Å².